The lowest BCUT2D eigenvalue weighted by Gasteiger charge is -2.15. The van der Waals surface area contributed by atoms with E-state index in [-0.39, 0.29) is 0 Å². The molecule has 3 aromatic carbocycles. The minimum atomic E-state index is 0.581. The highest BCUT2D eigenvalue weighted by Gasteiger charge is 2.12. The van der Waals surface area contributed by atoms with Gasteiger partial charge in [0.2, 0.25) is 0 Å². The fourth-order valence-electron chi connectivity index (χ4n) is 2.50. The van der Waals surface area contributed by atoms with Gasteiger partial charge in [0.25, 0.3) is 0 Å². The monoisotopic (exact) mass is 308 g/mol. The van der Waals surface area contributed by atoms with Gasteiger partial charge in [-0.05, 0) is 55.6 Å². The van der Waals surface area contributed by atoms with Crippen LogP contribution in [0.2, 0.25) is 0 Å². The SMILES string of the molecule is CCOc1ccc2c(OCC)c(Oc3ccccc3)ccc2c1. The Kier molecular flexibility index (Phi) is 4.67. The molecule has 0 amide bonds. The van der Waals surface area contributed by atoms with Crippen molar-refractivity contribution in [1.82, 2.24) is 0 Å². The van der Waals surface area contributed by atoms with Crippen LogP contribution in [0.3, 0.4) is 0 Å². The molecule has 118 valence electrons. The third-order valence-corrected chi connectivity index (χ3v) is 3.48. The molecule has 3 aromatic rings. The van der Waals surface area contributed by atoms with Gasteiger partial charge in [-0.15, -0.1) is 0 Å². The summed E-state index contributed by atoms with van der Waals surface area (Å²) in [4.78, 5) is 0. The van der Waals surface area contributed by atoms with E-state index in [0.29, 0.717) is 13.2 Å². The number of para-hydroxylation sites is 1. The molecule has 23 heavy (non-hydrogen) atoms. The lowest BCUT2D eigenvalue weighted by atomic mass is 10.1. The molecule has 3 rings (SSSR count). The summed E-state index contributed by atoms with van der Waals surface area (Å²) in [5.41, 5.74) is 0. The smallest absolute Gasteiger partial charge is 0.169 e. The lowest BCUT2D eigenvalue weighted by molar-refractivity contribution is 0.325. The quantitative estimate of drug-likeness (QED) is 0.607. The lowest BCUT2D eigenvalue weighted by Crippen LogP contribution is -1.97. The molecule has 0 radical (unpaired) electrons. The standard InChI is InChI=1S/C20H20O3/c1-3-21-17-11-12-18-15(14-17)10-13-19(20(18)22-4-2)23-16-8-6-5-7-9-16/h5-14H,3-4H2,1-2H3. The average molecular weight is 308 g/mol. The summed E-state index contributed by atoms with van der Waals surface area (Å²) in [7, 11) is 0. The van der Waals surface area contributed by atoms with E-state index in [2.05, 4.69) is 0 Å². The summed E-state index contributed by atoms with van der Waals surface area (Å²) in [5.74, 6) is 3.13. The minimum Gasteiger partial charge on any atom is -0.494 e. The van der Waals surface area contributed by atoms with E-state index in [0.717, 1.165) is 33.8 Å². The second kappa shape index (κ2) is 7.05. The van der Waals surface area contributed by atoms with Crippen LogP contribution in [0.1, 0.15) is 13.8 Å². The van der Waals surface area contributed by atoms with Crippen molar-refractivity contribution in [3.63, 3.8) is 0 Å². The first-order chi connectivity index (χ1) is 11.3. The van der Waals surface area contributed by atoms with E-state index in [1.165, 1.54) is 0 Å². The number of rotatable bonds is 6. The molecule has 3 nitrogen and oxygen atoms in total. The first kappa shape index (κ1) is 15.2. The van der Waals surface area contributed by atoms with Crippen molar-refractivity contribution >= 4 is 10.8 Å². The zero-order valence-electron chi connectivity index (χ0n) is 13.4. The third-order valence-electron chi connectivity index (χ3n) is 3.48. The van der Waals surface area contributed by atoms with Crippen LogP contribution < -0.4 is 14.2 Å². The normalized spacial score (nSPS) is 10.5. The second-order valence-electron chi connectivity index (χ2n) is 5.06. The molecule has 0 atom stereocenters. The van der Waals surface area contributed by atoms with Crippen LogP contribution in [0.15, 0.2) is 60.7 Å². The van der Waals surface area contributed by atoms with E-state index in [1.54, 1.807) is 0 Å². The maximum Gasteiger partial charge on any atom is 0.169 e. The predicted octanol–water partition coefficient (Wildman–Crippen LogP) is 5.43. The molecular weight excluding hydrogens is 288 g/mol. The van der Waals surface area contributed by atoms with Crippen molar-refractivity contribution in [3.05, 3.63) is 60.7 Å². The summed E-state index contributed by atoms with van der Waals surface area (Å²) in [6.45, 7) is 5.18. The molecule has 0 bridgehead atoms. The van der Waals surface area contributed by atoms with Gasteiger partial charge in [0.05, 0.1) is 13.2 Å². The Morgan fingerprint density at radius 1 is 0.739 bits per heavy atom. The Labute approximate surface area is 136 Å². The van der Waals surface area contributed by atoms with Gasteiger partial charge >= 0.3 is 0 Å². The Morgan fingerprint density at radius 3 is 2.26 bits per heavy atom. The number of fused-ring (bicyclic) bond motifs is 1. The van der Waals surface area contributed by atoms with E-state index in [4.69, 9.17) is 14.2 Å². The Balaban J connectivity index is 2.04. The predicted molar refractivity (Wildman–Crippen MR) is 92.8 cm³/mol. The molecule has 3 heteroatoms. The molecule has 0 spiro atoms. The first-order valence-electron chi connectivity index (χ1n) is 7.87. The number of hydrogen-bond acceptors (Lipinski definition) is 3. The molecule has 0 saturated heterocycles. The van der Waals surface area contributed by atoms with Crippen LogP contribution in [-0.4, -0.2) is 13.2 Å². The molecular formula is C20H20O3. The number of benzene rings is 3. The van der Waals surface area contributed by atoms with Gasteiger partial charge in [-0.2, -0.15) is 0 Å². The molecule has 0 aliphatic heterocycles. The molecule has 0 unspecified atom stereocenters. The van der Waals surface area contributed by atoms with Crippen molar-refractivity contribution in [2.24, 2.45) is 0 Å². The number of hydrogen-bond donors (Lipinski definition) is 0. The van der Waals surface area contributed by atoms with Crippen LogP contribution in [0.5, 0.6) is 23.0 Å². The minimum absolute atomic E-state index is 0.581. The molecule has 0 aliphatic rings. The molecule has 0 fully saturated rings. The van der Waals surface area contributed by atoms with Gasteiger partial charge in [0.15, 0.2) is 11.5 Å². The highest BCUT2D eigenvalue weighted by atomic mass is 16.5. The highest BCUT2D eigenvalue weighted by Crippen LogP contribution is 2.39. The summed E-state index contributed by atoms with van der Waals surface area (Å²) >= 11 is 0. The van der Waals surface area contributed by atoms with Crippen LogP contribution in [0, 0.1) is 0 Å². The maximum absolute atomic E-state index is 5.99. The molecule has 0 aliphatic carbocycles. The van der Waals surface area contributed by atoms with Crippen molar-refractivity contribution in [2.45, 2.75) is 13.8 Å². The first-order valence-corrected chi connectivity index (χ1v) is 7.87. The summed E-state index contributed by atoms with van der Waals surface area (Å²) in [5, 5.41) is 2.09. The van der Waals surface area contributed by atoms with Gasteiger partial charge in [-0.1, -0.05) is 24.3 Å². The van der Waals surface area contributed by atoms with Gasteiger partial charge < -0.3 is 14.2 Å². The van der Waals surface area contributed by atoms with Crippen molar-refractivity contribution in [2.75, 3.05) is 13.2 Å². The fourth-order valence-corrected chi connectivity index (χ4v) is 2.50. The van der Waals surface area contributed by atoms with Gasteiger partial charge in [0.1, 0.15) is 11.5 Å². The maximum atomic E-state index is 5.99. The summed E-state index contributed by atoms with van der Waals surface area (Å²) < 4.78 is 17.4. The highest BCUT2D eigenvalue weighted by molar-refractivity contribution is 5.91. The van der Waals surface area contributed by atoms with E-state index >= 15 is 0 Å². The topological polar surface area (TPSA) is 27.7 Å². The zero-order chi connectivity index (χ0) is 16.1. The van der Waals surface area contributed by atoms with Crippen molar-refractivity contribution in [3.8, 4) is 23.0 Å². The third kappa shape index (κ3) is 3.39. The van der Waals surface area contributed by atoms with Crippen LogP contribution in [-0.2, 0) is 0 Å². The van der Waals surface area contributed by atoms with E-state index in [1.807, 2.05) is 74.5 Å². The van der Waals surface area contributed by atoms with Crippen LogP contribution in [0.25, 0.3) is 10.8 Å². The largest absolute Gasteiger partial charge is 0.494 e. The Bertz CT molecular complexity index is 781. The second-order valence-corrected chi connectivity index (χ2v) is 5.06. The van der Waals surface area contributed by atoms with Crippen molar-refractivity contribution < 1.29 is 14.2 Å². The van der Waals surface area contributed by atoms with Gasteiger partial charge in [-0.3, -0.25) is 0 Å². The molecule has 0 saturated carbocycles. The molecule has 0 N–H and O–H groups in total. The average Bonchev–Trinajstić information content (AvgIpc) is 2.58. The van der Waals surface area contributed by atoms with Gasteiger partial charge in [0, 0.05) is 5.39 Å². The van der Waals surface area contributed by atoms with E-state index in [9.17, 15) is 0 Å². The molecule has 0 aromatic heterocycles. The fraction of sp³-hybridized carbons (Fsp3) is 0.200. The van der Waals surface area contributed by atoms with Crippen LogP contribution in [0.4, 0.5) is 0 Å². The van der Waals surface area contributed by atoms with E-state index < -0.39 is 0 Å². The van der Waals surface area contributed by atoms with Gasteiger partial charge in [-0.25, -0.2) is 0 Å². The van der Waals surface area contributed by atoms with Crippen LogP contribution >= 0.6 is 0 Å². The molecule has 0 heterocycles. The Hall–Kier alpha value is -2.68. The summed E-state index contributed by atoms with van der Waals surface area (Å²) in [6, 6.07) is 19.7. The Morgan fingerprint density at radius 2 is 1.52 bits per heavy atom. The van der Waals surface area contributed by atoms with Crippen molar-refractivity contribution in [1.29, 1.82) is 0 Å². The zero-order valence-corrected chi connectivity index (χ0v) is 13.4. The number of ether oxygens (including phenoxy) is 3. The summed E-state index contributed by atoms with van der Waals surface area (Å²) in [6.07, 6.45) is 0.